The zero-order valence-electron chi connectivity index (χ0n) is 9.32. The van der Waals surface area contributed by atoms with Crippen molar-refractivity contribution in [2.75, 3.05) is 25.6 Å². The minimum atomic E-state index is -0.815. The molecule has 0 saturated heterocycles. The average Bonchev–Trinajstić information content (AvgIpc) is 2.21. The van der Waals surface area contributed by atoms with Crippen molar-refractivity contribution in [3.63, 3.8) is 0 Å². The quantitative estimate of drug-likeness (QED) is 0.703. The maximum atomic E-state index is 11.5. The smallest absolute Gasteiger partial charge is 0.251 e. The molecule has 0 spiro atoms. The van der Waals surface area contributed by atoms with Crippen LogP contribution in [0.5, 0.6) is 0 Å². The molecule has 0 aliphatic carbocycles. The number of likely N-dealkylation sites (N-methyl/N-ethyl adjacent to an activating group) is 1. The van der Waals surface area contributed by atoms with Gasteiger partial charge in [0, 0.05) is 13.6 Å². The van der Waals surface area contributed by atoms with Gasteiger partial charge in [-0.2, -0.15) is 11.8 Å². The molecule has 0 aromatic carbocycles. The lowest BCUT2D eigenvalue weighted by Crippen LogP contribution is -2.37. The Morgan fingerprint density at radius 1 is 1.57 bits per heavy atom. The number of unbranched alkanes of at least 4 members (excludes halogenated alkanes) is 1. The van der Waals surface area contributed by atoms with Crippen LogP contribution in [-0.2, 0) is 4.79 Å². The highest BCUT2D eigenvalue weighted by Gasteiger charge is 2.17. The predicted octanol–water partition coefficient (Wildman–Crippen LogP) is 1.36. The van der Waals surface area contributed by atoms with Gasteiger partial charge >= 0.3 is 0 Å². The molecule has 1 N–H and O–H groups in total. The Labute approximate surface area is 90.9 Å². The summed E-state index contributed by atoms with van der Waals surface area (Å²) in [5.41, 5.74) is 0. The molecule has 0 saturated carbocycles. The number of hydrogen-bond acceptors (Lipinski definition) is 3. The number of thioether (sulfide) groups is 1. The Balaban J connectivity index is 3.78. The van der Waals surface area contributed by atoms with Gasteiger partial charge in [0.05, 0.1) is 0 Å². The summed E-state index contributed by atoms with van der Waals surface area (Å²) in [5, 5.41) is 9.51. The van der Waals surface area contributed by atoms with Gasteiger partial charge in [-0.05, 0) is 24.9 Å². The summed E-state index contributed by atoms with van der Waals surface area (Å²) < 4.78 is 0. The van der Waals surface area contributed by atoms with Gasteiger partial charge in [-0.25, -0.2) is 0 Å². The molecule has 84 valence electrons. The molecular weight excluding hydrogens is 198 g/mol. The molecule has 0 radical (unpaired) electrons. The fourth-order valence-corrected chi connectivity index (χ4v) is 1.57. The Morgan fingerprint density at radius 2 is 2.21 bits per heavy atom. The van der Waals surface area contributed by atoms with Crippen molar-refractivity contribution in [3.05, 3.63) is 0 Å². The lowest BCUT2D eigenvalue weighted by Gasteiger charge is -2.20. The molecule has 1 atom stereocenters. The molecule has 0 heterocycles. The number of carbonyl (C=O) groups is 1. The lowest BCUT2D eigenvalue weighted by atomic mass is 10.2. The van der Waals surface area contributed by atoms with E-state index < -0.39 is 6.10 Å². The van der Waals surface area contributed by atoms with Gasteiger partial charge in [0.1, 0.15) is 6.10 Å². The molecule has 0 fully saturated rings. The normalized spacial score (nSPS) is 12.6. The first kappa shape index (κ1) is 13.8. The van der Waals surface area contributed by atoms with Gasteiger partial charge in [0.25, 0.3) is 5.91 Å². The Kier molecular flexibility index (Phi) is 7.99. The van der Waals surface area contributed by atoms with Crippen LogP contribution in [0.3, 0.4) is 0 Å². The van der Waals surface area contributed by atoms with Crippen LogP contribution in [-0.4, -0.2) is 47.6 Å². The third-order valence-corrected chi connectivity index (χ3v) is 2.75. The van der Waals surface area contributed by atoms with E-state index in [1.54, 1.807) is 23.7 Å². The number of nitrogens with zero attached hydrogens (tertiary/aromatic N) is 1. The molecular formula is C10H21NO2S. The molecule has 4 heteroatoms. The number of rotatable bonds is 7. The minimum Gasteiger partial charge on any atom is -0.383 e. The fourth-order valence-electron chi connectivity index (χ4n) is 1.11. The topological polar surface area (TPSA) is 40.5 Å². The maximum absolute atomic E-state index is 11.5. The van der Waals surface area contributed by atoms with Crippen molar-refractivity contribution in [1.29, 1.82) is 0 Å². The minimum absolute atomic E-state index is 0.146. The number of amides is 1. The first-order valence-corrected chi connectivity index (χ1v) is 6.44. The number of hydrogen-bond donors (Lipinski definition) is 1. The zero-order chi connectivity index (χ0) is 11.0. The van der Waals surface area contributed by atoms with Crippen LogP contribution >= 0.6 is 11.8 Å². The standard InChI is InChI=1S/C10H21NO2S/c1-4-5-7-11(2)10(13)9(12)6-8-14-3/h9,12H,4-8H2,1-3H3. The van der Waals surface area contributed by atoms with E-state index in [1.165, 1.54) is 0 Å². The van der Waals surface area contributed by atoms with Crippen LogP contribution < -0.4 is 0 Å². The van der Waals surface area contributed by atoms with E-state index in [0.717, 1.165) is 25.1 Å². The van der Waals surface area contributed by atoms with Gasteiger partial charge in [-0.15, -0.1) is 0 Å². The third-order valence-electron chi connectivity index (χ3n) is 2.10. The van der Waals surface area contributed by atoms with Crippen molar-refractivity contribution in [1.82, 2.24) is 4.90 Å². The van der Waals surface area contributed by atoms with E-state index in [0.29, 0.717) is 6.42 Å². The second kappa shape index (κ2) is 8.12. The summed E-state index contributed by atoms with van der Waals surface area (Å²) in [4.78, 5) is 13.1. The molecule has 0 rings (SSSR count). The summed E-state index contributed by atoms with van der Waals surface area (Å²) in [7, 11) is 1.75. The molecule has 0 aromatic heterocycles. The van der Waals surface area contributed by atoms with Crippen molar-refractivity contribution in [2.45, 2.75) is 32.3 Å². The van der Waals surface area contributed by atoms with Crippen LogP contribution in [0.2, 0.25) is 0 Å². The third kappa shape index (κ3) is 5.50. The summed E-state index contributed by atoms with van der Waals surface area (Å²) in [6.07, 6.45) is 3.77. The predicted molar refractivity (Wildman–Crippen MR) is 61.6 cm³/mol. The van der Waals surface area contributed by atoms with Crippen LogP contribution in [0, 0.1) is 0 Å². The highest BCUT2D eigenvalue weighted by molar-refractivity contribution is 7.98. The van der Waals surface area contributed by atoms with E-state index in [4.69, 9.17) is 0 Å². The van der Waals surface area contributed by atoms with Crippen LogP contribution in [0.4, 0.5) is 0 Å². The molecule has 0 aliphatic heterocycles. The Morgan fingerprint density at radius 3 is 2.71 bits per heavy atom. The maximum Gasteiger partial charge on any atom is 0.251 e. The summed E-state index contributed by atoms with van der Waals surface area (Å²) in [6, 6.07) is 0. The lowest BCUT2D eigenvalue weighted by molar-refractivity contribution is -0.138. The van der Waals surface area contributed by atoms with E-state index >= 15 is 0 Å². The second-order valence-corrected chi connectivity index (χ2v) is 4.40. The van der Waals surface area contributed by atoms with E-state index in [9.17, 15) is 9.90 Å². The second-order valence-electron chi connectivity index (χ2n) is 3.41. The highest BCUT2D eigenvalue weighted by atomic mass is 32.2. The molecule has 3 nitrogen and oxygen atoms in total. The van der Waals surface area contributed by atoms with Gasteiger partial charge in [-0.1, -0.05) is 13.3 Å². The monoisotopic (exact) mass is 219 g/mol. The van der Waals surface area contributed by atoms with Crippen molar-refractivity contribution in [2.24, 2.45) is 0 Å². The molecule has 0 bridgehead atoms. The summed E-state index contributed by atoms with van der Waals surface area (Å²) >= 11 is 1.65. The van der Waals surface area contributed by atoms with Gasteiger partial charge in [0.2, 0.25) is 0 Å². The van der Waals surface area contributed by atoms with Crippen molar-refractivity contribution >= 4 is 17.7 Å². The largest absolute Gasteiger partial charge is 0.383 e. The van der Waals surface area contributed by atoms with Crippen molar-refractivity contribution in [3.8, 4) is 0 Å². The number of carbonyl (C=O) groups excluding carboxylic acids is 1. The molecule has 1 amide bonds. The van der Waals surface area contributed by atoms with Gasteiger partial charge in [0.15, 0.2) is 0 Å². The Bertz CT molecular complexity index is 148. The number of aliphatic hydroxyl groups is 1. The SMILES string of the molecule is CCCCN(C)C(=O)C(O)CCSC. The Hall–Kier alpha value is -0.220. The molecule has 0 aromatic rings. The number of aliphatic hydroxyl groups excluding tert-OH is 1. The van der Waals surface area contributed by atoms with Crippen molar-refractivity contribution < 1.29 is 9.90 Å². The van der Waals surface area contributed by atoms with Gasteiger partial charge < -0.3 is 10.0 Å². The highest BCUT2D eigenvalue weighted by Crippen LogP contribution is 2.04. The van der Waals surface area contributed by atoms with Gasteiger partial charge in [-0.3, -0.25) is 4.79 Å². The van der Waals surface area contributed by atoms with E-state index in [-0.39, 0.29) is 5.91 Å². The zero-order valence-corrected chi connectivity index (χ0v) is 10.1. The van der Waals surface area contributed by atoms with Crippen LogP contribution in [0.15, 0.2) is 0 Å². The molecule has 0 aliphatic rings. The molecule has 1 unspecified atom stereocenters. The van der Waals surface area contributed by atoms with Crippen LogP contribution in [0.25, 0.3) is 0 Å². The average molecular weight is 219 g/mol. The molecule has 14 heavy (non-hydrogen) atoms. The van der Waals surface area contributed by atoms with Crippen LogP contribution in [0.1, 0.15) is 26.2 Å². The first-order valence-electron chi connectivity index (χ1n) is 5.05. The first-order chi connectivity index (χ1) is 6.63. The summed E-state index contributed by atoms with van der Waals surface area (Å²) in [5.74, 6) is 0.682. The fraction of sp³-hybridized carbons (Fsp3) is 0.900. The van der Waals surface area contributed by atoms with E-state index in [2.05, 4.69) is 6.92 Å². The van der Waals surface area contributed by atoms with E-state index in [1.807, 2.05) is 6.26 Å². The summed E-state index contributed by atoms with van der Waals surface area (Å²) in [6.45, 7) is 2.83.